The van der Waals surface area contributed by atoms with E-state index in [1.54, 1.807) is 11.3 Å². The van der Waals surface area contributed by atoms with Crippen molar-refractivity contribution in [2.24, 2.45) is 11.8 Å². The van der Waals surface area contributed by atoms with Crippen molar-refractivity contribution in [2.75, 3.05) is 36.4 Å². The number of fused-ring (bicyclic) bond motifs is 1. The summed E-state index contributed by atoms with van der Waals surface area (Å²) in [5.74, 6) is 0.369. The zero-order chi connectivity index (χ0) is 22.1. The predicted octanol–water partition coefficient (Wildman–Crippen LogP) is 3.81. The van der Waals surface area contributed by atoms with Crippen LogP contribution in [0.3, 0.4) is 0 Å². The van der Waals surface area contributed by atoms with E-state index in [9.17, 15) is 9.59 Å². The average Bonchev–Trinajstić information content (AvgIpc) is 3.19. The van der Waals surface area contributed by atoms with Crippen LogP contribution in [-0.2, 0) is 22.4 Å². The molecule has 1 aliphatic heterocycles. The van der Waals surface area contributed by atoms with Crippen molar-refractivity contribution >= 4 is 34.0 Å². The van der Waals surface area contributed by atoms with Gasteiger partial charge in [-0.3, -0.25) is 9.59 Å². The van der Waals surface area contributed by atoms with E-state index in [2.05, 4.69) is 24.1 Å². The number of carbonyl (C=O) groups is 2. The standard InChI is InChI=1S/C24H32N4O2S/c1-15(2)23(30)27-9-11-28(12-10-27)24-26-20-8-6-18(14-21(20)31-24)22(29)25-19-7-5-16(3)17(4)13-19/h5,7,13,15,18H,6,8-12,14H2,1-4H3,(H,25,29)/t18-/m0/s1. The molecule has 0 radical (unpaired) electrons. The Balaban J connectivity index is 1.37. The third kappa shape index (κ3) is 4.76. The Labute approximate surface area is 188 Å². The summed E-state index contributed by atoms with van der Waals surface area (Å²) in [6.07, 6.45) is 2.45. The molecule has 2 aliphatic rings. The molecular formula is C24H32N4O2S. The van der Waals surface area contributed by atoms with Crippen LogP contribution in [0.2, 0.25) is 0 Å². The van der Waals surface area contributed by atoms with Crippen LogP contribution in [0.25, 0.3) is 0 Å². The smallest absolute Gasteiger partial charge is 0.227 e. The third-order valence-corrected chi connectivity index (χ3v) is 7.61. The zero-order valence-electron chi connectivity index (χ0n) is 18.9. The minimum atomic E-state index is -0.0112. The van der Waals surface area contributed by atoms with Crippen LogP contribution in [0.5, 0.6) is 0 Å². The van der Waals surface area contributed by atoms with Gasteiger partial charge in [0.2, 0.25) is 11.8 Å². The molecule has 2 heterocycles. The monoisotopic (exact) mass is 440 g/mol. The predicted molar refractivity (Wildman–Crippen MR) is 126 cm³/mol. The minimum Gasteiger partial charge on any atom is -0.345 e. The Morgan fingerprint density at radius 1 is 1.13 bits per heavy atom. The summed E-state index contributed by atoms with van der Waals surface area (Å²) in [6.45, 7) is 11.2. The third-order valence-electron chi connectivity index (χ3n) is 6.43. The molecule has 2 amide bonds. The number of rotatable bonds is 4. The molecular weight excluding hydrogens is 408 g/mol. The van der Waals surface area contributed by atoms with Gasteiger partial charge in [0, 0.05) is 48.6 Å². The van der Waals surface area contributed by atoms with Crippen LogP contribution in [0.4, 0.5) is 10.8 Å². The molecule has 6 nitrogen and oxygen atoms in total. The van der Waals surface area contributed by atoms with Gasteiger partial charge in [-0.25, -0.2) is 4.98 Å². The van der Waals surface area contributed by atoms with Crippen molar-refractivity contribution in [2.45, 2.75) is 47.0 Å². The Hall–Kier alpha value is -2.41. The normalized spacial score (nSPS) is 18.8. The molecule has 0 bridgehead atoms. The first-order chi connectivity index (χ1) is 14.8. The molecule has 1 aliphatic carbocycles. The van der Waals surface area contributed by atoms with Crippen LogP contribution >= 0.6 is 11.3 Å². The maximum Gasteiger partial charge on any atom is 0.227 e. The maximum absolute atomic E-state index is 12.9. The second-order valence-electron chi connectivity index (χ2n) is 9.06. The molecule has 1 N–H and O–H groups in total. The summed E-state index contributed by atoms with van der Waals surface area (Å²) in [5, 5.41) is 4.14. The molecule has 31 heavy (non-hydrogen) atoms. The fourth-order valence-electron chi connectivity index (χ4n) is 4.27. The van der Waals surface area contributed by atoms with Gasteiger partial charge in [0.15, 0.2) is 5.13 Å². The van der Waals surface area contributed by atoms with Crippen LogP contribution in [-0.4, -0.2) is 47.9 Å². The molecule has 0 saturated carbocycles. The fourth-order valence-corrected chi connectivity index (χ4v) is 5.51. The number of benzene rings is 1. The number of hydrogen-bond acceptors (Lipinski definition) is 5. The minimum absolute atomic E-state index is 0.0112. The van der Waals surface area contributed by atoms with Crippen molar-refractivity contribution in [3.63, 3.8) is 0 Å². The maximum atomic E-state index is 12.9. The van der Waals surface area contributed by atoms with E-state index in [0.29, 0.717) is 0 Å². The highest BCUT2D eigenvalue weighted by Gasteiger charge is 2.30. The van der Waals surface area contributed by atoms with Gasteiger partial charge in [0.05, 0.1) is 5.69 Å². The first kappa shape index (κ1) is 21.8. The summed E-state index contributed by atoms with van der Waals surface area (Å²) < 4.78 is 0. The number of piperazine rings is 1. The first-order valence-corrected chi connectivity index (χ1v) is 12.0. The molecule has 1 aromatic carbocycles. The van der Waals surface area contributed by atoms with E-state index in [-0.39, 0.29) is 23.7 Å². The van der Waals surface area contributed by atoms with Crippen LogP contribution in [0.1, 0.15) is 42.0 Å². The summed E-state index contributed by atoms with van der Waals surface area (Å²) in [6, 6.07) is 6.06. The fraction of sp³-hybridized carbons (Fsp3) is 0.542. The number of aromatic nitrogens is 1. The Morgan fingerprint density at radius 3 is 2.55 bits per heavy atom. The number of amides is 2. The molecule has 2 aromatic rings. The van der Waals surface area contributed by atoms with Gasteiger partial charge in [-0.05, 0) is 56.4 Å². The lowest BCUT2D eigenvalue weighted by atomic mass is 9.90. The van der Waals surface area contributed by atoms with Gasteiger partial charge in [0.25, 0.3) is 0 Å². The van der Waals surface area contributed by atoms with E-state index < -0.39 is 0 Å². The average molecular weight is 441 g/mol. The number of thiazole rings is 1. The lowest BCUT2D eigenvalue weighted by molar-refractivity contribution is -0.134. The van der Waals surface area contributed by atoms with E-state index in [0.717, 1.165) is 62.0 Å². The highest BCUT2D eigenvalue weighted by molar-refractivity contribution is 7.15. The van der Waals surface area contributed by atoms with Crippen molar-refractivity contribution in [3.8, 4) is 0 Å². The molecule has 1 aromatic heterocycles. The van der Waals surface area contributed by atoms with E-state index in [1.165, 1.54) is 16.0 Å². The van der Waals surface area contributed by atoms with E-state index >= 15 is 0 Å². The first-order valence-electron chi connectivity index (χ1n) is 11.2. The second-order valence-corrected chi connectivity index (χ2v) is 10.1. The summed E-state index contributed by atoms with van der Waals surface area (Å²) in [5.41, 5.74) is 4.44. The SMILES string of the molecule is Cc1ccc(NC(=O)[C@H]2CCc3nc(N4CCN(C(=O)C(C)C)CC4)sc3C2)cc1C. The number of nitrogens with zero attached hydrogens (tertiary/aromatic N) is 3. The molecule has 4 rings (SSSR count). The lowest BCUT2D eigenvalue weighted by Crippen LogP contribution is -2.49. The summed E-state index contributed by atoms with van der Waals surface area (Å²) >= 11 is 1.72. The van der Waals surface area contributed by atoms with Gasteiger partial charge in [-0.1, -0.05) is 19.9 Å². The Kier molecular flexibility index (Phi) is 6.32. The topological polar surface area (TPSA) is 65.5 Å². The highest BCUT2D eigenvalue weighted by Crippen LogP contribution is 2.35. The summed E-state index contributed by atoms with van der Waals surface area (Å²) in [4.78, 5) is 35.5. The molecule has 0 unspecified atom stereocenters. The van der Waals surface area contributed by atoms with Gasteiger partial charge in [-0.2, -0.15) is 0 Å². The van der Waals surface area contributed by atoms with Gasteiger partial charge >= 0.3 is 0 Å². The summed E-state index contributed by atoms with van der Waals surface area (Å²) in [7, 11) is 0. The highest BCUT2D eigenvalue weighted by atomic mass is 32.1. The number of hydrogen-bond donors (Lipinski definition) is 1. The Morgan fingerprint density at radius 2 is 1.87 bits per heavy atom. The van der Waals surface area contributed by atoms with E-state index in [1.807, 2.05) is 36.9 Å². The number of aryl methyl sites for hydroxylation is 3. The number of carbonyl (C=O) groups excluding carboxylic acids is 2. The lowest BCUT2D eigenvalue weighted by Gasteiger charge is -2.35. The van der Waals surface area contributed by atoms with Gasteiger partial charge in [0.1, 0.15) is 0 Å². The van der Waals surface area contributed by atoms with Crippen LogP contribution < -0.4 is 10.2 Å². The molecule has 7 heteroatoms. The largest absolute Gasteiger partial charge is 0.345 e. The van der Waals surface area contributed by atoms with Crippen molar-refractivity contribution < 1.29 is 9.59 Å². The number of anilines is 2. The van der Waals surface area contributed by atoms with Crippen molar-refractivity contribution in [1.82, 2.24) is 9.88 Å². The number of nitrogens with one attached hydrogen (secondary N) is 1. The molecule has 166 valence electrons. The van der Waals surface area contributed by atoms with Crippen LogP contribution in [0, 0.1) is 25.7 Å². The molecule has 1 fully saturated rings. The van der Waals surface area contributed by atoms with Crippen LogP contribution in [0.15, 0.2) is 18.2 Å². The van der Waals surface area contributed by atoms with Crippen molar-refractivity contribution in [1.29, 1.82) is 0 Å². The quantitative estimate of drug-likeness (QED) is 0.785. The zero-order valence-corrected chi connectivity index (χ0v) is 19.7. The van der Waals surface area contributed by atoms with Gasteiger partial charge < -0.3 is 15.1 Å². The molecule has 0 spiro atoms. The van der Waals surface area contributed by atoms with Gasteiger partial charge in [-0.15, -0.1) is 11.3 Å². The van der Waals surface area contributed by atoms with E-state index in [4.69, 9.17) is 4.98 Å². The second kappa shape index (κ2) is 8.99. The molecule has 1 atom stereocenters. The molecule has 1 saturated heterocycles. The Bertz CT molecular complexity index is 976. The van der Waals surface area contributed by atoms with Crippen molar-refractivity contribution in [3.05, 3.63) is 39.9 Å².